The number of carbonyl (C=O) groups is 1. The molecule has 104 valence electrons. The first-order valence-corrected chi connectivity index (χ1v) is 6.22. The molecular formula is C14H15N3O3. The number of rotatable bonds is 2. The van der Waals surface area contributed by atoms with Gasteiger partial charge in [-0.3, -0.25) is 0 Å². The number of allylic oxidation sites excluding steroid dienone is 1. The standard InChI is InChI=1S/C14H15N3O3/c1-9-16-6-10(7-17-9)14(8-15)4-3-12(18)11(5-14)13(19)20-2/h6-7,18H,3-5H2,1-2H3/t14-/m1/s1. The van der Waals surface area contributed by atoms with E-state index in [2.05, 4.69) is 20.8 Å². The summed E-state index contributed by atoms with van der Waals surface area (Å²) < 4.78 is 4.66. The Bertz CT molecular complexity index is 601. The van der Waals surface area contributed by atoms with E-state index in [1.165, 1.54) is 7.11 Å². The van der Waals surface area contributed by atoms with Gasteiger partial charge in [-0.2, -0.15) is 5.26 Å². The lowest BCUT2D eigenvalue weighted by Crippen LogP contribution is -2.31. The number of carbonyl (C=O) groups excluding carboxylic acids is 1. The summed E-state index contributed by atoms with van der Waals surface area (Å²) in [5.74, 6) is 0.00911. The maximum Gasteiger partial charge on any atom is 0.337 e. The number of esters is 1. The van der Waals surface area contributed by atoms with Crippen molar-refractivity contribution in [2.45, 2.75) is 31.6 Å². The highest BCUT2D eigenvalue weighted by molar-refractivity contribution is 5.89. The number of ether oxygens (including phenoxy) is 1. The lowest BCUT2D eigenvalue weighted by Gasteiger charge is -2.31. The lowest BCUT2D eigenvalue weighted by atomic mass is 9.70. The van der Waals surface area contributed by atoms with Crippen LogP contribution in [0.25, 0.3) is 0 Å². The first-order chi connectivity index (χ1) is 9.52. The predicted molar refractivity (Wildman–Crippen MR) is 69.6 cm³/mol. The summed E-state index contributed by atoms with van der Waals surface area (Å²) in [4.78, 5) is 19.9. The topological polar surface area (TPSA) is 96.1 Å². The van der Waals surface area contributed by atoms with Crippen LogP contribution in [0.3, 0.4) is 0 Å². The van der Waals surface area contributed by atoms with Crippen LogP contribution in [0.4, 0.5) is 0 Å². The van der Waals surface area contributed by atoms with Gasteiger partial charge in [0.05, 0.1) is 24.2 Å². The molecule has 1 aliphatic carbocycles. The average molecular weight is 273 g/mol. The molecule has 20 heavy (non-hydrogen) atoms. The van der Waals surface area contributed by atoms with Crippen molar-refractivity contribution in [1.29, 1.82) is 5.26 Å². The Labute approximate surface area is 116 Å². The second kappa shape index (κ2) is 5.29. The zero-order chi connectivity index (χ0) is 14.8. The molecule has 0 unspecified atom stereocenters. The van der Waals surface area contributed by atoms with Gasteiger partial charge in [0.2, 0.25) is 0 Å². The van der Waals surface area contributed by atoms with Gasteiger partial charge in [-0.25, -0.2) is 14.8 Å². The fourth-order valence-electron chi connectivity index (χ4n) is 2.33. The number of nitriles is 1. The number of aryl methyl sites for hydroxylation is 1. The SMILES string of the molecule is COC(=O)C1=C(O)CC[C@@](C#N)(c2cnc(C)nc2)C1. The Hall–Kier alpha value is -2.42. The molecule has 2 rings (SSSR count). The van der Waals surface area contributed by atoms with Crippen LogP contribution in [-0.2, 0) is 14.9 Å². The maximum atomic E-state index is 11.7. The molecular weight excluding hydrogens is 258 g/mol. The molecule has 0 saturated heterocycles. The Kier molecular flexibility index (Phi) is 3.70. The van der Waals surface area contributed by atoms with Crippen LogP contribution in [0, 0.1) is 18.3 Å². The largest absolute Gasteiger partial charge is 0.512 e. The van der Waals surface area contributed by atoms with Crippen molar-refractivity contribution in [3.63, 3.8) is 0 Å². The molecule has 0 radical (unpaired) electrons. The van der Waals surface area contributed by atoms with Crippen LogP contribution in [0.15, 0.2) is 23.7 Å². The zero-order valence-corrected chi connectivity index (χ0v) is 11.4. The van der Waals surface area contributed by atoms with Crippen molar-refractivity contribution in [2.75, 3.05) is 7.11 Å². The second-order valence-corrected chi connectivity index (χ2v) is 4.81. The van der Waals surface area contributed by atoms with Crippen LogP contribution in [0.5, 0.6) is 0 Å². The van der Waals surface area contributed by atoms with Crippen LogP contribution < -0.4 is 0 Å². The number of aliphatic hydroxyl groups excluding tert-OH is 1. The number of aliphatic hydroxyl groups is 1. The smallest absolute Gasteiger partial charge is 0.337 e. The van der Waals surface area contributed by atoms with E-state index >= 15 is 0 Å². The van der Waals surface area contributed by atoms with Gasteiger partial charge in [0.25, 0.3) is 0 Å². The molecule has 0 aliphatic heterocycles. The summed E-state index contributed by atoms with van der Waals surface area (Å²) >= 11 is 0. The zero-order valence-electron chi connectivity index (χ0n) is 11.4. The molecule has 0 aromatic carbocycles. The Morgan fingerprint density at radius 1 is 1.50 bits per heavy atom. The number of methoxy groups -OCH3 is 1. The number of hydrogen-bond acceptors (Lipinski definition) is 6. The monoisotopic (exact) mass is 273 g/mol. The number of hydrogen-bond donors (Lipinski definition) is 1. The summed E-state index contributed by atoms with van der Waals surface area (Å²) in [5, 5.41) is 19.4. The fourth-order valence-corrected chi connectivity index (χ4v) is 2.33. The van der Waals surface area contributed by atoms with Crippen LogP contribution in [-0.4, -0.2) is 28.2 Å². The first kappa shape index (κ1) is 14.0. The molecule has 0 bridgehead atoms. The van der Waals surface area contributed by atoms with E-state index in [1.54, 1.807) is 19.3 Å². The van der Waals surface area contributed by atoms with Crippen LogP contribution in [0.2, 0.25) is 0 Å². The van der Waals surface area contributed by atoms with E-state index in [0.29, 0.717) is 17.8 Å². The highest BCUT2D eigenvalue weighted by Gasteiger charge is 2.40. The van der Waals surface area contributed by atoms with Gasteiger partial charge in [-0.1, -0.05) is 0 Å². The van der Waals surface area contributed by atoms with Crippen molar-refractivity contribution in [3.05, 3.63) is 35.1 Å². The molecule has 6 heteroatoms. The molecule has 1 N–H and O–H groups in total. The maximum absolute atomic E-state index is 11.7. The van der Waals surface area contributed by atoms with E-state index in [0.717, 1.165) is 0 Å². The van der Waals surface area contributed by atoms with Crippen LogP contribution >= 0.6 is 0 Å². The minimum Gasteiger partial charge on any atom is -0.512 e. The summed E-state index contributed by atoms with van der Waals surface area (Å²) in [6, 6.07) is 2.25. The minimum absolute atomic E-state index is 0.00393. The van der Waals surface area contributed by atoms with E-state index in [4.69, 9.17) is 0 Å². The first-order valence-electron chi connectivity index (χ1n) is 6.22. The van der Waals surface area contributed by atoms with Gasteiger partial charge in [0.1, 0.15) is 11.6 Å². The third kappa shape index (κ3) is 2.35. The highest BCUT2D eigenvalue weighted by Crippen LogP contribution is 2.40. The Morgan fingerprint density at radius 2 is 2.15 bits per heavy atom. The van der Waals surface area contributed by atoms with Gasteiger partial charge < -0.3 is 9.84 Å². The van der Waals surface area contributed by atoms with Crippen LogP contribution in [0.1, 0.15) is 30.7 Å². The molecule has 0 fully saturated rings. The van der Waals surface area contributed by atoms with Gasteiger partial charge in [0, 0.05) is 30.8 Å². The predicted octanol–water partition coefficient (Wildman–Crippen LogP) is 1.72. The molecule has 1 heterocycles. The molecule has 1 aliphatic rings. The van der Waals surface area contributed by atoms with Crippen molar-refractivity contribution in [3.8, 4) is 6.07 Å². The highest BCUT2D eigenvalue weighted by atomic mass is 16.5. The van der Waals surface area contributed by atoms with Gasteiger partial charge in [-0.15, -0.1) is 0 Å². The van der Waals surface area contributed by atoms with Crippen molar-refractivity contribution < 1.29 is 14.6 Å². The summed E-state index contributed by atoms with van der Waals surface area (Å²) in [7, 11) is 1.25. The molecule has 1 atom stereocenters. The molecule has 0 amide bonds. The minimum atomic E-state index is -0.899. The summed E-state index contributed by atoms with van der Waals surface area (Å²) in [5.41, 5.74) is -0.0934. The summed E-state index contributed by atoms with van der Waals surface area (Å²) in [6.45, 7) is 1.76. The van der Waals surface area contributed by atoms with E-state index < -0.39 is 11.4 Å². The van der Waals surface area contributed by atoms with Crippen molar-refractivity contribution in [2.24, 2.45) is 0 Å². The molecule has 1 aromatic heterocycles. The average Bonchev–Trinajstić information content (AvgIpc) is 2.48. The van der Waals surface area contributed by atoms with E-state index in [1.807, 2.05) is 0 Å². The van der Waals surface area contributed by atoms with Crippen molar-refractivity contribution in [1.82, 2.24) is 9.97 Å². The van der Waals surface area contributed by atoms with Gasteiger partial charge in [0.15, 0.2) is 0 Å². The quantitative estimate of drug-likeness (QED) is 0.824. The molecule has 6 nitrogen and oxygen atoms in total. The van der Waals surface area contributed by atoms with Gasteiger partial charge in [-0.05, 0) is 13.3 Å². The molecule has 0 saturated carbocycles. The normalized spacial score (nSPS) is 22.2. The summed E-state index contributed by atoms with van der Waals surface area (Å²) in [6.07, 6.45) is 3.98. The lowest BCUT2D eigenvalue weighted by molar-refractivity contribution is -0.136. The Balaban J connectivity index is 2.42. The molecule has 0 spiro atoms. The van der Waals surface area contributed by atoms with E-state index in [-0.39, 0.29) is 24.2 Å². The third-order valence-corrected chi connectivity index (χ3v) is 3.59. The number of aromatic nitrogens is 2. The second-order valence-electron chi connectivity index (χ2n) is 4.81. The van der Waals surface area contributed by atoms with Gasteiger partial charge >= 0.3 is 5.97 Å². The van der Waals surface area contributed by atoms with E-state index in [9.17, 15) is 15.2 Å². The number of nitrogens with zero attached hydrogens (tertiary/aromatic N) is 3. The fraction of sp³-hybridized carbons (Fsp3) is 0.429. The third-order valence-electron chi connectivity index (χ3n) is 3.59. The Morgan fingerprint density at radius 3 is 2.70 bits per heavy atom. The van der Waals surface area contributed by atoms with Crippen molar-refractivity contribution >= 4 is 5.97 Å². The molecule has 1 aromatic rings.